The summed E-state index contributed by atoms with van der Waals surface area (Å²) in [6.07, 6.45) is 0. The van der Waals surface area contributed by atoms with E-state index in [4.69, 9.17) is 14.5 Å². The summed E-state index contributed by atoms with van der Waals surface area (Å²) < 4.78 is 0. The molecule has 0 radical (unpaired) electrons. The van der Waals surface area contributed by atoms with Crippen LogP contribution in [0.1, 0.15) is 31.1 Å². The minimum absolute atomic E-state index is 0.0194. The van der Waals surface area contributed by atoms with Crippen molar-refractivity contribution in [3.8, 4) is 0 Å². The molecule has 4 rings (SSSR count). The fourth-order valence-corrected chi connectivity index (χ4v) is 2.00. The average molecular weight is 333 g/mol. The Labute approximate surface area is 137 Å². The Morgan fingerprint density at radius 2 is 1.04 bits per heavy atom. The molecule has 0 bridgehead atoms. The van der Waals surface area contributed by atoms with Crippen LogP contribution in [0.5, 0.6) is 0 Å². The molecule has 0 saturated carbocycles. The van der Waals surface area contributed by atoms with Gasteiger partial charge in [-0.05, 0) is 12.1 Å². The second-order valence-electron chi connectivity index (χ2n) is 5.65. The smallest absolute Gasteiger partial charge is 0.358 e. The lowest BCUT2D eigenvalue weighted by molar-refractivity contribution is -0.0346. The third kappa shape index (κ3) is 3.37. The van der Waals surface area contributed by atoms with Gasteiger partial charge >= 0.3 is 17.9 Å². The Morgan fingerprint density at radius 3 is 1.42 bits per heavy atom. The van der Waals surface area contributed by atoms with Crippen molar-refractivity contribution in [2.75, 3.05) is 39.3 Å². The van der Waals surface area contributed by atoms with Crippen LogP contribution in [0.4, 0.5) is 0 Å². The molecule has 3 aliphatic heterocycles. The van der Waals surface area contributed by atoms with Gasteiger partial charge in [0.15, 0.2) is 0 Å². The molecule has 0 atom stereocenters. The third-order valence-corrected chi connectivity index (χ3v) is 3.56. The van der Waals surface area contributed by atoms with Crippen molar-refractivity contribution in [1.82, 2.24) is 15.2 Å². The standard InChI is InChI=1S/C15H15N3O6/c19-13(22-16-4-5-16)10-2-1-3-11(14(20)23-17-6-7-17)12(10)15(21)24-18-8-9-18/h1-3H,4-9H2. The second kappa shape index (κ2) is 5.86. The predicted molar refractivity (Wildman–Crippen MR) is 77.4 cm³/mol. The summed E-state index contributed by atoms with van der Waals surface area (Å²) in [6, 6.07) is 4.36. The predicted octanol–water partition coefficient (Wildman–Crippen LogP) is -0.151. The van der Waals surface area contributed by atoms with Crippen molar-refractivity contribution in [3.63, 3.8) is 0 Å². The summed E-state index contributed by atoms with van der Waals surface area (Å²) >= 11 is 0. The molecule has 9 heteroatoms. The van der Waals surface area contributed by atoms with Gasteiger partial charge in [0.25, 0.3) is 0 Å². The van der Waals surface area contributed by atoms with Gasteiger partial charge in [0.05, 0.1) is 56.0 Å². The van der Waals surface area contributed by atoms with Crippen LogP contribution in [0.25, 0.3) is 0 Å². The van der Waals surface area contributed by atoms with Gasteiger partial charge in [-0.1, -0.05) is 6.07 Å². The quantitative estimate of drug-likeness (QED) is 0.659. The monoisotopic (exact) mass is 333 g/mol. The zero-order chi connectivity index (χ0) is 16.7. The van der Waals surface area contributed by atoms with Crippen LogP contribution in [0, 0.1) is 0 Å². The number of carbonyl (C=O) groups excluding carboxylic acids is 3. The van der Waals surface area contributed by atoms with E-state index in [1.54, 1.807) is 0 Å². The molecule has 0 N–H and O–H groups in total. The highest BCUT2D eigenvalue weighted by Gasteiger charge is 2.34. The van der Waals surface area contributed by atoms with Crippen LogP contribution in [-0.4, -0.2) is 72.4 Å². The summed E-state index contributed by atoms with van der Waals surface area (Å²) in [5.41, 5.74) is -0.175. The number of hydroxylamine groups is 6. The van der Waals surface area contributed by atoms with Gasteiger partial charge in [0.1, 0.15) is 0 Å². The van der Waals surface area contributed by atoms with Gasteiger partial charge in [-0.25, -0.2) is 14.4 Å². The van der Waals surface area contributed by atoms with Crippen molar-refractivity contribution in [1.29, 1.82) is 0 Å². The van der Waals surface area contributed by atoms with Crippen molar-refractivity contribution < 1.29 is 28.9 Å². The van der Waals surface area contributed by atoms with Crippen LogP contribution in [-0.2, 0) is 14.5 Å². The van der Waals surface area contributed by atoms with Gasteiger partial charge in [0, 0.05) is 0 Å². The maximum Gasteiger partial charge on any atom is 0.358 e. The van der Waals surface area contributed by atoms with Gasteiger partial charge in [-0.2, -0.15) is 0 Å². The number of carbonyl (C=O) groups is 3. The van der Waals surface area contributed by atoms with Crippen molar-refractivity contribution in [2.45, 2.75) is 0 Å². The summed E-state index contributed by atoms with van der Waals surface area (Å²) in [4.78, 5) is 52.3. The fraction of sp³-hybridized carbons (Fsp3) is 0.400. The SMILES string of the molecule is O=C(ON1CC1)c1cccc(C(=O)ON2CC2)c1C(=O)ON1CC1. The summed E-state index contributed by atoms with van der Waals surface area (Å²) in [5, 5.41) is 4.32. The largest absolute Gasteiger partial charge is 0.364 e. The van der Waals surface area contributed by atoms with Gasteiger partial charge < -0.3 is 14.5 Å². The van der Waals surface area contributed by atoms with E-state index in [2.05, 4.69) is 0 Å². The molecule has 3 fully saturated rings. The van der Waals surface area contributed by atoms with E-state index < -0.39 is 17.9 Å². The number of nitrogens with zero attached hydrogens (tertiary/aromatic N) is 3. The molecule has 1 aromatic rings. The number of hydrogen-bond donors (Lipinski definition) is 0. The highest BCUT2D eigenvalue weighted by Crippen LogP contribution is 2.23. The first-order valence-corrected chi connectivity index (χ1v) is 7.66. The molecule has 24 heavy (non-hydrogen) atoms. The van der Waals surface area contributed by atoms with Gasteiger partial charge in [0.2, 0.25) is 0 Å². The molecule has 0 aromatic heterocycles. The van der Waals surface area contributed by atoms with E-state index in [0.717, 1.165) is 0 Å². The first-order chi connectivity index (χ1) is 11.6. The first kappa shape index (κ1) is 15.1. The van der Waals surface area contributed by atoms with Crippen LogP contribution < -0.4 is 0 Å². The maximum absolute atomic E-state index is 12.4. The average Bonchev–Trinajstić information content (AvgIpc) is 3.39. The Kier molecular flexibility index (Phi) is 3.68. The summed E-state index contributed by atoms with van der Waals surface area (Å²) in [5.74, 6) is -2.18. The highest BCUT2D eigenvalue weighted by atomic mass is 16.7. The maximum atomic E-state index is 12.4. The van der Waals surface area contributed by atoms with E-state index in [-0.39, 0.29) is 16.7 Å². The second-order valence-corrected chi connectivity index (χ2v) is 5.65. The van der Waals surface area contributed by atoms with Crippen LogP contribution in [0.3, 0.4) is 0 Å². The summed E-state index contributed by atoms with van der Waals surface area (Å²) in [6.45, 7) is 3.84. The Hall–Kier alpha value is -2.49. The molecule has 0 unspecified atom stereocenters. The zero-order valence-corrected chi connectivity index (χ0v) is 12.8. The molecule has 126 valence electrons. The Bertz CT molecular complexity index is 665. The molecular formula is C15H15N3O6. The molecule has 0 aliphatic carbocycles. The van der Waals surface area contributed by atoms with Gasteiger partial charge in [-0.3, -0.25) is 0 Å². The lowest BCUT2D eigenvalue weighted by Gasteiger charge is -2.13. The minimum Gasteiger partial charge on any atom is -0.364 e. The van der Waals surface area contributed by atoms with E-state index in [1.807, 2.05) is 0 Å². The van der Waals surface area contributed by atoms with E-state index in [1.165, 1.54) is 33.4 Å². The Morgan fingerprint density at radius 1 is 0.667 bits per heavy atom. The molecule has 3 aliphatic rings. The molecule has 0 amide bonds. The van der Waals surface area contributed by atoms with E-state index in [0.29, 0.717) is 39.3 Å². The first-order valence-electron chi connectivity index (χ1n) is 7.66. The third-order valence-electron chi connectivity index (χ3n) is 3.56. The van der Waals surface area contributed by atoms with Crippen molar-refractivity contribution in [2.24, 2.45) is 0 Å². The number of hydrogen-bond acceptors (Lipinski definition) is 9. The van der Waals surface area contributed by atoms with Crippen LogP contribution in [0.2, 0.25) is 0 Å². The highest BCUT2D eigenvalue weighted by molar-refractivity contribution is 6.10. The zero-order valence-electron chi connectivity index (χ0n) is 12.8. The van der Waals surface area contributed by atoms with Crippen molar-refractivity contribution >= 4 is 17.9 Å². The van der Waals surface area contributed by atoms with Crippen LogP contribution >= 0.6 is 0 Å². The Balaban J connectivity index is 1.66. The number of rotatable bonds is 6. The fourth-order valence-electron chi connectivity index (χ4n) is 2.00. The molecule has 0 spiro atoms. The van der Waals surface area contributed by atoms with Crippen molar-refractivity contribution in [3.05, 3.63) is 34.9 Å². The molecule has 1 aromatic carbocycles. The van der Waals surface area contributed by atoms with Gasteiger partial charge in [-0.15, -0.1) is 15.2 Å². The molecule has 9 nitrogen and oxygen atoms in total. The number of benzene rings is 1. The molecule has 3 saturated heterocycles. The van der Waals surface area contributed by atoms with E-state index >= 15 is 0 Å². The lowest BCUT2D eigenvalue weighted by Crippen LogP contribution is -2.22. The van der Waals surface area contributed by atoms with Crippen LogP contribution in [0.15, 0.2) is 18.2 Å². The van der Waals surface area contributed by atoms with E-state index in [9.17, 15) is 14.4 Å². The minimum atomic E-state index is -0.774. The molecule has 3 heterocycles. The normalized spacial score (nSPS) is 19.5. The summed E-state index contributed by atoms with van der Waals surface area (Å²) in [7, 11) is 0. The topological polar surface area (TPSA) is 87.9 Å². The molecular weight excluding hydrogens is 318 g/mol. The lowest BCUT2D eigenvalue weighted by atomic mass is 10.0.